The first-order valence-corrected chi connectivity index (χ1v) is 3.87. The fourth-order valence-corrected chi connectivity index (χ4v) is 0.892. The summed E-state index contributed by atoms with van der Waals surface area (Å²) in [4.78, 5) is 14.8. The largest absolute Gasteiger partial charge is 0.469 e. The quantitative estimate of drug-likeness (QED) is 0.681. The van der Waals surface area contributed by atoms with Crippen molar-refractivity contribution in [3.8, 4) is 0 Å². The Morgan fingerprint density at radius 2 is 2.38 bits per heavy atom. The number of aromatic nitrogens is 1. The van der Waals surface area contributed by atoms with Crippen molar-refractivity contribution in [2.24, 2.45) is 0 Å². The molecule has 4 nitrogen and oxygen atoms in total. The Morgan fingerprint density at radius 3 is 2.85 bits per heavy atom. The minimum absolute atomic E-state index is 0.0848. The number of hydrogen-bond donors (Lipinski definition) is 1. The highest BCUT2D eigenvalue weighted by atomic mass is 16.5. The van der Waals surface area contributed by atoms with Gasteiger partial charge in [-0.05, 0) is 11.6 Å². The van der Waals surface area contributed by atoms with Crippen molar-refractivity contribution in [2.75, 3.05) is 7.11 Å². The third kappa shape index (κ3) is 2.83. The zero-order chi connectivity index (χ0) is 9.68. The van der Waals surface area contributed by atoms with E-state index in [1.165, 1.54) is 7.11 Å². The van der Waals surface area contributed by atoms with E-state index in [1.807, 2.05) is 0 Å². The topological polar surface area (TPSA) is 59.4 Å². The van der Waals surface area contributed by atoms with Gasteiger partial charge in [-0.15, -0.1) is 0 Å². The number of rotatable bonds is 3. The molecule has 1 aromatic heterocycles. The van der Waals surface area contributed by atoms with Crippen LogP contribution in [-0.4, -0.2) is 23.2 Å². The number of hydrogen-bond acceptors (Lipinski definition) is 4. The van der Waals surface area contributed by atoms with E-state index in [0.717, 1.165) is 5.56 Å². The summed E-state index contributed by atoms with van der Waals surface area (Å²) in [6.45, 7) is -0.0848. The average Bonchev–Trinajstić information content (AvgIpc) is 2.19. The Kier molecular flexibility index (Phi) is 3.40. The highest BCUT2D eigenvalue weighted by Crippen LogP contribution is 2.01. The first kappa shape index (κ1) is 9.67. The standard InChI is InChI=1S/C9H11NO3/c1-13-9(12)4-7-2-3-8(6-11)10-5-7/h2-3,5,11H,4,6H2,1H3. The van der Waals surface area contributed by atoms with Gasteiger partial charge in [0.1, 0.15) is 0 Å². The molecule has 1 aromatic rings. The first-order chi connectivity index (χ1) is 6.26. The molecule has 0 amide bonds. The number of esters is 1. The van der Waals surface area contributed by atoms with Crippen LogP contribution in [-0.2, 0) is 22.6 Å². The number of aliphatic hydroxyl groups excluding tert-OH is 1. The second kappa shape index (κ2) is 4.57. The summed E-state index contributed by atoms with van der Waals surface area (Å²) in [5, 5.41) is 8.70. The number of carbonyl (C=O) groups is 1. The van der Waals surface area contributed by atoms with E-state index in [4.69, 9.17) is 5.11 Å². The molecule has 0 aliphatic heterocycles. The zero-order valence-corrected chi connectivity index (χ0v) is 7.36. The van der Waals surface area contributed by atoms with Crippen molar-refractivity contribution in [3.05, 3.63) is 29.6 Å². The Hall–Kier alpha value is -1.42. The van der Waals surface area contributed by atoms with Crippen LogP contribution in [0.4, 0.5) is 0 Å². The molecule has 0 aliphatic carbocycles. The molecule has 70 valence electrons. The SMILES string of the molecule is COC(=O)Cc1ccc(CO)nc1. The summed E-state index contributed by atoms with van der Waals surface area (Å²) in [6, 6.07) is 3.42. The summed E-state index contributed by atoms with van der Waals surface area (Å²) in [5.41, 5.74) is 1.37. The molecule has 0 spiro atoms. The first-order valence-electron chi connectivity index (χ1n) is 3.87. The average molecular weight is 181 g/mol. The van der Waals surface area contributed by atoms with Gasteiger partial charge >= 0.3 is 5.97 Å². The van der Waals surface area contributed by atoms with Crippen molar-refractivity contribution in [3.63, 3.8) is 0 Å². The van der Waals surface area contributed by atoms with Gasteiger partial charge in [0.15, 0.2) is 0 Å². The van der Waals surface area contributed by atoms with Crippen LogP contribution in [0.2, 0.25) is 0 Å². The van der Waals surface area contributed by atoms with Gasteiger partial charge in [-0.25, -0.2) is 0 Å². The van der Waals surface area contributed by atoms with Gasteiger partial charge in [0, 0.05) is 6.20 Å². The Balaban J connectivity index is 2.64. The summed E-state index contributed by atoms with van der Waals surface area (Å²) in [7, 11) is 1.35. The Morgan fingerprint density at radius 1 is 1.62 bits per heavy atom. The molecule has 4 heteroatoms. The van der Waals surface area contributed by atoms with E-state index in [0.29, 0.717) is 5.69 Å². The summed E-state index contributed by atoms with van der Waals surface area (Å²) in [6.07, 6.45) is 1.78. The summed E-state index contributed by atoms with van der Waals surface area (Å²) < 4.78 is 4.49. The molecule has 1 heterocycles. The van der Waals surface area contributed by atoms with Gasteiger partial charge in [0.25, 0.3) is 0 Å². The number of nitrogens with zero attached hydrogens (tertiary/aromatic N) is 1. The van der Waals surface area contributed by atoms with E-state index in [2.05, 4.69) is 9.72 Å². The van der Waals surface area contributed by atoms with E-state index < -0.39 is 0 Å². The molecule has 0 atom stereocenters. The smallest absolute Gasteiger partial charge is 0.310 e. The minimum atomic E-state index is -0.293. The molecular weight excluding hydrogens is 170 g/mol. The molecule has 0 aliphatic rings. The summed E-state index contributed by atoms with van der Waals surface area (Å²) >= 11 is 0. The maximum Gasteiger partial charge on any atom is 0.310 e. The number of aliphatic hydroxyl groups is 1. The fraction of sp³-hybridized carbons (Fsp3) is 0.333. The van der Waals surface area contributed by atoms with Gasteiger partial charge in [-0.1, -0.05) is 6.07 Å². The second-order valence-corrected chi connectivity index (χ2v) is 2.57. The molecule has 1 N–H and O–H groups in total. The van der Waals surface area contributed by atoms with Crippen molar-refractivity contribution in [2.45, 2.75) is 13.0 Å². The van der Waals surface area contributed by atoms with Crippen LogP contribution in [0.3, 0.4) is 0 Å². The lowest BCUT2D eigenvalue weighted by Gasteiger charge is -2.00. The molecule has 0 bridgehead atoms. The molecule has 1 rings (SSSR count). The van der Waals surface area contributed by atoms with Crippen LogP contribution in [0, 0.1) is 0 Å². The maximum absolute atomic E-state index is 10.8. The van der Waals surface area contributed by atoms with E-state index in [-0.39, 0.29) is 19.0 Å². The van der Waals surface area contributed by atoms with Crippen molar-refractivity contribution in [1.82, 2.24) is 4.98 Å². The summed E-state index contributed by atoms with van der Waals surface area (Å²) in [5.74, 6) is -0.293. The molecule has 0 fully saturated rings. The molecule has 13 heavy (non-hydrogen) atoms. The van der Waals surface area contributed by atoms with Gasteiger partial charge in [-0.2, -0.15) is 0 Å². The minimum Gasteiger partial charge on any atom is -0.469 e. The molecule has 0 unspecified atom stereocenters. The number of ether oxygens (including phenoxy) is 1. The maximum atomic E-state index is 10.8. The van der Waals surface area contributed by atoms with E-state index in [9.17, 15) is 4.79 Å². The molecular formula is C9H11NO3. The number of carbonyl (C=O) groups excluding carboxylic acids is 1. The monoisotopic (exact) mass is 181 g/mol. The fourth-order valence-electron chi connectivity index (χ4n) is 0.892. The third-order valence-corrected chi connectivity index (χ3v) is 1.62. The van der Waals surface area contributed by atoms with E-state index >= 15 is 0 Å². The van der Waals surface area contributed by atoms with Crippen LogP contribution in [0.25, 0.3) is 0 Å². The molecule has 0 aromatic carbocycles. The Labute approximate surface area is 76.2 Å². The van der Waals surface area contributed by atoms with Crippen LogP contribution in [0.1, 0.15) is 11.3 Å². The lowest BCUT2D eigenvalue weighted by atomic mass is 10.2. The predicted octanol–water partition coefficient (Wildman–Crippen LogP) is 0.289. The number of methoxy groups -OCH3 is 1. The van der Waals surface area contributed by atoms with Gasteiger partial charge in [0.05, 0.1) is 25.8 Å². The third-order valence-electron chi connectivity index (χ3n) is 1.62. The molecule has 0 saturated heterocycles. The van der Waals surface area contributed by atoms with Crippen LogP contribution in [0.5, 0.6) is 0 Å². The second-order valence-electron chi connectivity index (χ2n) is 2.57. The van der Waals surface area contributed by atoms with Gasteiger partial charge < -0.3 is 9.84 Å². The van der Waals surface area contributed by atoms with E-state index in [1.54, 1.807) is 18.3 Å². The molecule has 0 radical (unpaired) electrons. The van der Waals surface area contributed by atoms with Gasteiger partial charge in [0.2, 0.25) is 0 Å². The normalized spacial score (nSPS) is 9.69. The van der Waals surface area contributed by atoms with Crippen molar-refractivity contribution in [1.29, 1.82) is 0 Å². The van der Waals surface area contributed by atoms with Crippen molar-refractivity contribution < 1.29 is 14.6 Å². The highest BCUT2D eigenvalue weighted by molar-refractivity contribution is 5.72. The van der Waals surface area contributed by atoms with Crippen LogP contribution < -0.4 is 0 Å². The lowest BCUT2D eigenvalue weighted by molar-refractivity contribution is -0.139. The van der Waals surface area contributed by atoms with Gasteiger partial charge in [-0.3, -0.25) is 9.78 Å². The van der Waals surface area contributed by atoms with Crippen molar-refractivity contribution >= 4 is 5.97 Å². The lowest BCUT2D eigenvalue weighted by Crippen LogP contribution is -2.04. The number of pyridine rings is 1. The van der Waals surface area contributed by atoms with Crippen LogP contribution in [0.15, 0.2) is 18.3 Å². The highest BCUT2D eigenvalue weighted by Gasteiger charge is 2.02. The Bertz CT molecular complexity index is 281. The zero-order valence-electron chi connectivity index (χ0n) is 7.36. The van der Waals surface area contributed by atoms with Crippen LogP contribution >= 0.6 is 0 Å². The molecule has 0 saturated carbocycles. The predicted molar refractivity (Wildman–Crippen MR) is 45.9 cm³/mol.